The molecule has 1 aromatic heterocycles. The summed E-state index contributed by atoms with van der Waals surface area (Å²) in [7, 11) is 1.16. The topological polar surface area (TPSA) is 109 Å². The fraction of sp³-hybridized carbons (Fsp3) is 0.167. The molecule has 0 saturated carbocycles. The number of nitrogens with two attached hydrogens (primary N) is 1. The molecule has 1 aromatic carbocycles. The zero-order valence-electron chi connectivity index (χ0n) is 11.3. The predicted octanol–water partition coefficient (Wildman–Crippen LogP) is 1.71. The van der Waals surface area contributed by atoms with E-state index in [1.165, 1.54) is 10.9 Å². The Labute approximate surface area is 118 Å². The van der Waals surface area contributed by atoms with Crippen LogP contribution in [0.1, 0.15) is 11.3 Å². The van der Waals surface area contributed by atoms with E-state index in [1.54, 1.807) is 13.1 Å². The van der Waals surface area contributed by atoms with Crippen LogP contribution in [-0.4, -0.2) is 27.9 Å². The minimum atomic E-state index is -0.845. The molecule has 0 atom stereocenters. The van der Waals surface area contributed by atoms with Crippen molar-refractivity contribution in [2.45, 2.75) is 6.92 Å². The van der Waals surface area contributed by atoms with Crippen LogP contribution in [0.5, 0.6) is 5.75 Å². The number of imidazole rings is 1. The van der Waals surface area contributed by atoms with Crippen molar-refractivity contribution in [3.05, 3.63) is 45.5 Å². The molecule has 2 N–H and O–H groups in total. The van der Waals surface area contributed by atoms with Gasteiger partial charge in [-0.25, -0.2) is 14.1 Å². The van der Waals surface area contributed by atoms with Crippen molar-refractivity contribution in [1.29, 1.82) is 0 Å². The van der Waals surface area contributed by atoms with Crippen molar-refractivity contribution in [3.63, 3.8) is 0 Å². The van der Waals surface area contributed by atoms with Gasteiger partial charge in [0.15, 0.2) is 5.82 Å². The molecule has 0 fully saturated rings. The molecule has 1 heterocycles. The van der Waals surface area contributed by atoms with Gasteiger partial charge in [-0.1, -0.05) is 0 Å². The van der Waals surface area contributed by atoms with Crippen LogP contribution in [0.25, 0.3) is 0 Å². The van der Waals surface area contributed by atoms with E-state index in [0.717, 1.165) is 19.2 Å². The van der Waals surface area contributed by atoms with E-state index >= 15 is 0 Å². The lowest BCUT2D eigenvalue weighted by Crippen LogP contribution is -2.00. The van der Waals surface area contributed by atoms with Crippen molar-refractivity contribution in [1.82, 2.24) is 9.66 Å². The van der Waals surface area contributed by atoms with Crippen LogP contribution in [0.2, 0.25) is 0 Å². The van der Waals surface area contributed by atoms with E-state index in [1.807, 2.05) is 0 Å². The summed E-state index contributed by atoms with van der Waals surface area (Å²) in [6, 6.07) is 2.24. The third-order valence-corrected chi connectivity index (χ3v) is 2.61. The number of halogens is 1. The van der Waals surface area contributed by atoms with Gasteiger partial charge in [-0.2, -0.15) is 5.10 Å². The molecule has 0 bridgehead atoms. The largest absolute Gasteiger partial charge is 0.488 e. The summed E-state index contributed by atoms with van der Waals surface area (Å²) >= 11 is 0. The van der Waals surface area contributed by atoms with Gasteiger partial charge in [0.1, 0.15) is 0 Å². The van der Waals surface area contributed by atoms with Gasteiger partial charge in [0.05, 0.1) is 30.1 Å². The second kappa shape index (κ2) is 5.57. The van der Waals surface area contributed by atoms with Gasteiger partial charge in [0, 0.05) is 11.6 Å². The number of anilines is 1. The Balaban J connectivity index is 2.41. The molecule has 2 aromatic rings. The van der Waals surface area contributed by atoms with Crippen molar-refractivity contribution in [3.8, 4) is 5.75 Å². The third-order valence-electron chi connectivity index (χ3n) is 2.61. The number of hydrogen-bond donors (Lipinski definition) is 1. The van der Waals surface area contributed by atoms with Crippen LogP contribution in [0, 0.1) is 22.9 Å². The quantitative estimate of drug-likeness (QED) is 0.524. The van der Waals surface area contributed by atoms with E-state index in [0.29, 0.717) is 5.69 Å². The van der Waals surface area contributed by atoms with Crippen LogP contribution in [0.4, 0.5) is 16.0 Å². The monoisotopic (exact) mass is 293 g/mol. The molecular weight excluding hydrogens is 281 g/mol. The zero-order valence-corrected chi connectivity index (χ0v) is 11.3. The van der Waals surface area contributed by atoms with E-state index in [2.05, 4.69) is 14.8 Å². The molecule has 0 amide bonds. The highest BCUT2D eigenvalue weighted by Gasteiger charge is 2.20. The van der Waals surface area contributed by atoms with Crippen LogP contribution in [0.15, 0.2) is 23.4 Å². The van der Waals surface area contributed by atoms with E-state index in [4.69, 9.17) is 5.73 Å². The SMILES string of the molecule is COc1c(F)cc(C=Nn2cc(C)nc2N)cc1[N+](=O)[O-]. The first kappa shape index (κ1) is 14.4. The Kier molecular flexibility index (Phi) is 3.83. The second-order valence-corrected chi connectivity index (χ2v) is 4.14. The number of nitrogens with zero attached hydrogens (tertiary/aromatic N) is 4. The van der Waals surface area contributed by atoms with Gasteiger partial charge in [-0.05, 0) is 13.0 Å². The molecule has 0 aliphatic heterocycles. The second-order valence-electron chi connectivity index (χ2n) is 4.14. The Bertz CT molecular complexity index is 726. The van der Waals surface area contributed by atoms with Crippen molar-refractivity contribution in [2.24, 2.45) is 5.10 Å². The normalized spacial score (nSPS) is 11.0. The highest BCUT2D eigenvalue weighted by atomic mass is 19.1. The zero-order chi connectivity index (χ0) is 15.6. The summed E-state index contributed by atoms with van der Waals surface area (Å²) in [5.74, 6) is -1.11. The number of aromatic nitrogens is 2. The van der Waals surface area contributed by atoms with Crippen molar-refractivity contribution >= 4 is 17.9 Å². The van der Waals surface area contributed by atoms with Crippen LogP contribution in [0.3, 0.4) is 0 Å². The lowest BCUT2D eigenvalue weighted by molar-refractivity contribution is -0.386. The maximum absolute atomic E-state index is 13.7. The Morgan fingerprint density at radius 3 is 2.81 bits per heavy atom. The first-order valence-electron chi connectivity index (χ1n) is 5.80. The minimum Gasteiger partial charge on any atom is -0.488 e. The lowest BCUT2D eigenvalue weighted by Gasteiger charge is -2.04. The molecule has 21 heavy (non-hydrogen) atoms. The van der Waals surface area contributed by atoms with Gasteiger partial charge in [0.2, 0.25) is 11.7 Å². The molecule has 9 heteroatoms. The molecule has 110 valence electrons. The molecular formula is C12H12FN5O3. The van der Waals surface area contributed by atoms with Crippen LogP contribution < -0.4 is 10.5 Å². The number of nitro benzene ring substituents is 1. The Morgan fingerprint density at radius 1 is 1.57 bits per heavy atom. The van der Waals surface area contributed by atoms with Gasteiger partial charge < -0.3 is 10.5 Å². The molecule has 0 radical (unpaired) electrons. The highest BCUT2D eigenvalue weighted by molar-refractivity contribution is 5.81. The van der Waals surface area contributed by atoms with Crippen LogP contribution in [-0.2, 0) is 0 Å². The molecule has 0 aliphatic rings. The molecule has 8 nitrogen and oxygen atoms in total. The predicted molar refractivity (Wildman–Crippen MR) is 74.0 cm³/mol. The molecule has 0 aliphatic carbocycles. The first-order valence-corrected chi connectivity index (χ1v) is 5.80. The standard InChI is InChI=1S/C12H12FN5O3/c1-7-6-17(12(14)16-7)15-5-8-3-9(13)11(21-2)10(4-8)18(19)20/h3-6H,1-2H3,(H2,14,16). The first-order chi connectivity index (χ1) is 9.92. The number of benzene rings is 1. The number of methoxy groups -OCH3 is 1. The average Bonchev–Trinajstić information content (AvgIpc) is 2.73. The summed E-state index contributed by atoms with van der Waals surface area (Å²) < 4.78 is 19.7. The van der Waals surface area contributed by atoms with Gasteiger partial charge in [-0.15, -0.1) is 0 Å². The average molecular weight is 293 g/mol. The molecule has 0 spiro atoms. The number of hydrogen-bond acceptors (Lipinski definition) is 6. The maximum atomic E-state index is 13.7. The smallest absolute Gasteiger partial charge is 0.314 e. The van der Waals surface area contributed by atoms with Gasteiger partial charge in [-0.3, -0.25) is 10.1 Å². The fourth-order valence-electron chi connectivity index (χ4n) is 1.74. The highest BCUT2D eigenvalue weighted by Crippen LogP contribution is 2.30. The Morgan fingerprint density at radius 2 is 2.29 bits per heavy atom. The molecule has 0 unspecified atom stereocenters. The third kappa shape index (κ3) is 2.96. The minimum absolute atomic E-state index is 0.159. The number of nitro groups is 1. The lowest BCUT2D eigenvalue weighted by atomic mass is 10.2. The van der Waals surface area contributed by atoms with Crippen LogP contribution >= 0.6 is 0 Å². The van der Waals surface area contributed by atoms with Crippen molar-refractivity contribution < 1.29 is 14.1 Å². The van der Waals surface area contributed by atoms with E-state index in [-0.39, 0.29) is 11.5 Å². The van der Waals surface area contributed by atoms with E-state index < -0.39 is 22.2 Å². The summed E-state index contributed by atoms with van der Waals surface area (Å²) in [6.45, 7) is 1.74. The van der Waals surface area contributed by atoms with Gasteiger partial charge in [0.25, 0.3) is 0 Å². The molecule has 0 saturated heterocycles. The number of rotatable bonds is 4. The Hall–Kier alpha value is -2.97. The number of aryl methyl sites for hydroxylation is 1. The summed E-state index contributed by atoms with van der Waals surface area (Å²) in [6.07, 6.45) is 2.81. The van der Waals surface area contributed by atoms with Crippen molar-refractivity contribution in [2.75, 3.05) is 12.8 Å². The maximum Gasteiger partial charge on any atom is 0.314 e. The summed E-state index contributed by atoms with van der Waals surface area (Å²) in [5, 5.41) is 14.9. The van der Waals surface area contributed by atoms with Gasteiger partial charge >= 0.3 is 5.69 Å². The summed E-state index contributed by atoms with van der Waals surface area (Å²) in [5.41, 5.74) is 5.98. The number of nitrogen functional groups attached to an aromatic ring is 1. The number of ether oxygens (including phenoxy) is 1. The summed E-state index contributed by atoms with van der Waals surface area (Å²) in [4.78, 5) is 14.1. The fourth-order valence-corrected chi connectivity index (χ4v) is 1.74. The molecule has 2 rings (SSSR count). The van der Waals surface area contributed by atoms with E-state index in [9.17, 15) is 14.5 Å².